The van der Waals surface area contributed by atoms with Gasteiger partial charge >= 0.3 is 0 Å². The van der Waals surface area contributed by atoms with Crippen molar-refractivity contribution in [3.63, 3.8) is 0 Å². The third kappa shape index (κ3) is 3.31. The van der Waals surface area contributed by atoms with Crippen LogP contribution in [0.2, 0.25) is 0 Å². The number of carbonyl (C=O) groups is 1. The number of nitrogens with zero attached hydrogens (tertiary/aromatic N) is 4. The highest BCUT2D eigenvalue weighted by atomic mass is 79.9. The number of imidazole rings is 1. The van der Waals surface area contributed by atoms with Crippen molar-refractivity contribution in [1.82, 2.24) is 19.0 Å². The van der Waals surface area contributed by atoms with E-state index < -0.39 is 0 Å². The molecule has 7 nitrogen and oxygen atoms in total. The number of benzene rings is 1. The molecule has 1 aromatic carbocycles. The Kier molecular flexibility index (Phi) is 4.89. The van der Waals surface area contributed by atoms with Gasteiger partial charge in [-0.05, 0) is 77.7 Å². The number of nitrogens with two attached hydrogens (primary N) is 1. The summed E-state index contributed by atoms with van der Waals surface area (Å²) in [7, 11) is 3.69. The normalized spacial score (nSPS) is 23.8. The molecule has 0 spiro atoms. The Morgan fingerprint density at radius 1 is 1.23 bits per heavy atom. The predicted octanol–water partition coefficient (Wildman–Crippen LogP) is 5.00. The van der Waals surface area contributed by atoms with E-state index in [1.165, 1.54) is 23.1 Å². The van der Waals surface area contributed by atoms with Gasteiger partial charge in [0.25, 0.3) is 5.91 Å². The monoisotopic (exact) mass is 553 g/mol. The number of halogens is 1. The predicted molar refractivity (Wildman–Crippen MR) is 142 cm³/mol. The van der Waals surface area contributed by atoms with Crippen molar-refractivity contribution in [1.29, 1.82) is 0 Å². The zero-order chi connectivity index (χ0) is 24.0. The lowest BCUT2D eigenvalue weighted by Gasteiger charge is -2.27. The van der Waals surface area contributed by atoms with Gasteiger partial charge in [0.05, 0.1) is 32.3 Å². The van der Waals surface area contributed by atoms with E-state index in [2.05, 4.69) is 37.2 Å². The van der Waals surface area contributed by atoms with Crippen molar-refractivity contribution in [2.45, 2.75) is 44.3 Å². The second kappa shape index (κ2) is 7.82. The molecular formula is C26H28BrN5O2S. The van der Waals surface area contributed by atoms with Gasteiger partial charge in [0.15, 0.2) is 5.82 Å². The van der Waals surface area contributed by atoms with E-state index in [0.717, 1.165) is 58.2 Å². The number of carbonyl (C=O) groups excluding carboxylic acids is 1. The molecule has 7 rings (SSSR count). The first-order chi connectivity index (χ1) is 16.9. The van der Waals surface area contributed by atoms with Crippen LogP contribution in [0.25, 0.3) is 32.8 Å². The number of amides is 1. The molecule has 1 aliphatic heterocycles. The van der Waals surface area contributed by atoms with Gasteiger partial charge in [0.2, 0.25) is 0 Å². The van der Waals surface area contributed by atoms with E-state index in [9.17, 15) is 4.79 Å². The standard InChI is InChI=1S/C26H28BrN5O2S/c1-30-24-16(7-15(8-20(24)34-2)26(33)32-12-14-5-6-17(32)23(14)28)29-25(30)19-9-21-18(10-22(27)35-21)31(19)11-13-3-4-13/h7-10,13-14,17,23H,3-6,11-12,28H2,1-2H3/t14-,17-,23-/m1/s1. The van der Waals surface area contributed by atoms with E-state index in [1.807, 2.05) is 24.1 Å². The summed E-state index contributed by atoms with van der Waals surface area (Å²) in [6, 6.07) is 8.49. The van der Waals surface area contributed by atoms with E-state index >= 15 is 0 Å². The lowest BCUT2D eigenvalue weighted by molar-refractivity contribution is 0.0700. The van der Waals surface area contributed by atoms with Gasteiger partial charge in [0, 0.05) is 37.8 Å². The zero-order valence-corrected chi connectivity index (χ0v) is 22.2. The topological polar surface area (TPSA) is 78.3 Å². The highest BCUT2D eigenvalue weighted by Gasteiger charge is 2.47. The van der Waals surface area contributed by atoms with Crippen LogP contribution in [0.3, 0.4) is 0 Å². The van der Waals surface area contributed by atoms with Crippen LogP contribution in [-0.2, 0) is 13.6 Å². The van der Waals surface area contributed by atoms with E-state index in [4.69, 9.17) is 15.5 Å². The highest BCUT2D eigenvalue weighted by molar-refractivity contribution is 9.11. The highest BCUT2D eigenvalue weighted by Crippen LogP contribution is 2.42. The summed E-state index contributed by atoms with van der Waals surface area (Å²) in [5.41, 5.74) is 11.0. The van der Waals surface area contributed by atoms with Crippen LogP contribution in [0.5, 0.6) is 5.75 Å². The third-order valence-corrected chi connectivity index (χ3v) is 9.82. The molecule has 2 aliphatic carbocycles. The van der Waals surface area contributed by atoms with Crippen LogP contribution >= 0.6 is 27.3 Å². The molecule has 1 saturated heterocycles. The van der Waals surface area contributed by atoms with Gasteiger partial charge in [-0.25, -0.2) is 4.98 Å². The van der Waals surface area contributed by atoms with Crippen LogP contribution in [0.1, 0.15) is 36.0 Å². The quantitative estimate of drug-likeness (QED) is 0.377. The maximum Gasteiger partial charge on any atom is 0.254 e. The van der Waals surface area contributed by atoms with Crippen molar-refractivity contribution >= 4 is 54.4 Å². The largest absolute Gasteiger partial charge is 0.494 e. The number of ether oxygens (including phenoxy) is 1. The Labute approximate surface area is 216 Å². The summed E-state index contributed by atoms with van der Waals surface area (Å²) < 4.78 is 12.7. The molecule has 2 saturated carbocycles. The van der Waals surface area contributed by atoms with Gasteiger partial charge in [-0.1, -0.05) is 0 Å². The SMILES string of the molecule is COc1cc(C(=O)N2C[C@H]3CC[C@@H]2[C@@H]3N)cc2nc(-c3cc4sc(Br)cc4n3CC3CC3)n(C)c12. The smallest absolute Gasteiger partial charge is 0.254 e. The number of fused-ring (bicyclic) bond motifs is 4. The maximum atomic E-state index is 13.5. The molecule has 0 unspecified atom stereocenters. The Morgan fingerprint density at radius 3 is 2.74 bits per heavy atom. The van der Waals surface area contributed by atoms with E-state index in [0.29, 0.717) is 17.2 Å². The molecule has 3 aliphatic rings. The molecule has 1 amide bonds. The number of hydrogen-bond acceptors (Lipinski definition) is 5. The van der Waals surface area contributed by atoms with Gasteiger partial charge in [-0.2, -0.15) is 0 Å². The van der Waals surface area contributed by atoms with E-state index in [1.54, 1.807) is 18.4 Å². The van der Waals surface area contributed by atoms with Crippen LogP contribution in [0.4, 0.5) is 0 Å². The number of hydrogen-bond donors (Lipinski definition) is 1. The second-order valence-electron chi connectivity index (χ2n) is 10.4. The molecule has 4 aromatic rings. The summed E-state index contributed by atoms with van der Waals surface area (Å²) in [4.78, 5) is 20.6. The minimum atomic E-state index is 0.0301. The van der Waals surface area contributed by atoms with Crippen molar-refractivity contribution in [2.24, 2.45) is 24.6 Å². The van der Waals surface area contributed by atoms with Crippen LogP contribution in [0.15, 0.2) is 28.1 Å². The molecule has 2 N–H and O–H groups in total. The Morgan fingerprint density at radius 2 is 2.06 bits per heavy atom. The average Bonchev–Trinajstić information content (AvgIpc) is 3.04. The number of methoxy groups -OCH3 is 1. The van der Waals surface area contributed by atoms with Gasteiger partial charge in [0.1, 0.15) is 11.3 Å². The molecule has 3 atom stereocenters. The first-order valence-electron chi connectivity index (χ1n) is 12.3. The Hall–Kier alpha value is -2.36. The van der Waals surface area contributed by atoms with Crippen molar-refractivity contribution in [2.75, 3.05) is 13.7 Å². The first kappa shape index (κ1) is 21.9. The van der Waals surface area contributed by atoms with Gasteiger partial charge in [-0.3, -0.25) is 4.79 Å². The summed E-state index contributed by atoms with van der Waals surface area (Å²) in [6.07, 6.45) is 4.69. The van der Waals surface area contributed by atoms with Crippen molar-refractivity contribution in [3.05, 3.63) is 33.6 Å². The van der Waals surface area contributed by atoms with Crippen molar-refractivity contribution < 1.29 is 9.53 Å². The number of rotatable bonds is 5. The molecule has 9 heteroatoms. The van der Waals surface area contributed by atoms with Gasteiger partial charge < -0.3 is 24.5 Å². The third-order valence-electron chi connectivity index (χ3n) is 8.24. The number of thiophene rings is 1. The van der Waals surface area contributed by atoms with Crippen LogP contribution < -0.4 is 10.5 Å². The fourth-order valence-electron chi connectivity index (χ4n) is 6.22. The number of piperidine rings is 1. The molecular weight excluding hydrogens is 526 g/mol. The number of aromatic nitrogens is 3. The first-order valence-corrected chi connectivity index (χ1v) is 13.9. The molecule has 3 fully saturated rings. The number of likely N-dealkylation sites (tertiary alicyclic amines) is 1. The molecule has 35 heavy (non-hydrogen) atoms. The Bertz CT molecular complexity index is 1500. The van der Waals surface area contributed by atoms with Crippen molar-refractivity contribution in [3.8, 4) is 17.3 Å². The fourth-order valence-corrected chi connectivity index (χ4v) is 7.78. The molecule has 2 bridgehead atoms. The summed E-state index contributed by atoms with van der Waals surface area (Å²) in [5, 5.41) is 0. The number of aryl methyl sites for hydroxylation is 1. The maximum absolute atomic E-state index is 13.5. The van der Waals surface area contributed by atoms with E-state index in [-0.39, 0.29) is 18.0 Å². The molecule has 0 radical (unpaired) electrons. The molecule has 4 heterocycles. The lowest BCUT2D eigenvalue weighted by Crippen LogP contribution is -2.41. The van der Waals surface area contributed by atoms with Crippen LogP contribution in [-0.4, -0.2) is 50.7 Å². The summed E-state index contributed by atoms with van der Waals surface area (Å²) in [5.74, 6) is 2.75. The zero-order valence-electron chi connectivity index (χ0n) is 19.8. The second-order valence-corrected chi connectivity index (χ2v) is 12.8. The Balaban J connectivity index is 1.34. The average molecular weight is 555 g/mol. The van der Waals surface area contributed by atoms with Gasteiger partial charge in [-0.15, -0.1) is 11.3 Å². The molecule has 182 valence electrons. The van der Waals surface area contributed by atoms with Crippen LogP contribution in [0, 0.1) is 11.8 Å². The fraction of sp³-hybridized carbons (Fsp3) is 0.462. The minimum absolute atomic E-state index is 0.0301. The molecule has 3 aromatic heterocycles. The minimum Gasteiger partial charge on any atom is -0.494 e. The lowest BCUT2D eigenvalue weighted by atomic mass is 10.1. The summed E-state index contributed by atoms with van der Waals surface area (Å²) >= 11 is 5.40. The summed E-state index contributed by atoms with van der Waals surface area (Å²) in [6.45, 7) is 1.75.